The Hall–Kier alpha value is -2.83. The fraction of sp³-hybridized carbons (Fsp3) is 0.450. The minimum absolute atomic E-state index is 0.0321. The van der Waals surface area contributed by atoms with Crippen LogP contribution in [0.4, 0.5) is 0 Å². The second-order valence-corrected chi connectivity index (χ2v) is 7.06. The maximum Gasteiger partial charge on any atom is 0.345 e. The van der Waals surface area contributed by atoms with Crippen molar-refractivity contribution in [2.45, 2.75) is 39.2 Å². The van der Waals surface area contributed by atoms with Crippen molar-refractivity contribution >= 4 is 5.91 Å². The summed E-state index contributed by atoms with van der Waals surface area (Å²) in [6, 6.07) is 5.96. The van der Waals surface area contributed by atoms with Gasteiger partial charge in [0.05, 0.1) is 12.5 Å². The minimum Gasteiger partial charge on any atom is -0.486 e. The molecule has 7 nitrogen and oxygen atoms in total. The average molecular weight is 369 g/mol. The molecule has 0 unspecified atom stereocenters. The molecule has 2 aliphatic rings. The second kappa shape index (κ2) is 7.06. The Bertz CT molecular complexity index is 911. The number of amides is 1. The van der Waals surface area contributed by atoms with Gasteiger partial charge >= 0.3 is 5.69 Å². The van der Waals surface area contributed by atoms with E-state index in [9.17, 15) is 9.59 Å². The molecule has 1 saturated heterocycles. The number of H-pyrrole nitrogens is 1. The molecule has 1 aromatic carbocycles. The number of fused-ring (bicyclic) bond motifs is 1. The van der Waals surface area contributed by atoms with E-state index in [4.69, 9.17) is 9.47 Å². The molecule has 0 aliphatic carbocycles. The Morgan fingerprint density at radius 1 is 1.26 bits per heavy atom. The van der Waals surface area contributed by atoms with E-state index in [1.54, 1.807) is 13.8 Å². The number of hydrogen-bond donors (Lipinski definition) is 1. The first-order valence-corrected chi connectivity index (χ1v) is 9.28. The van der Waals surface area contributed by atoms with E-state index in [2.05, 4.69) is 9.97 Å². The first-order chi connectivity index (χ1) is 13.0. The summed E-state index contributed by atoms with van der Waals surface area (Å²) >= 11 is 0. The van der Waals surface area contributed by atoms with Crippen molar-refractivity contribution in [2.24, 2.45) is 0 Å². The van der Waals surface area contributed by atoms with Gasteiger partial charge in [0.1, 0.15) is 13.2 Å². The Labute approximate surface area is 157 Å². The highest BCUT2D eigenvalue weighted by molar-refractivity contribution is 5.80. The standard InChI is InChI=1S/C20H23N3O4/c1-12-15(13(2)22-20(25)21-12)11-19(24)23-7-3-4-16(23)14-5-6-17-18(10-14)27-9-8-26-17/h5-6,10,16H,3-4,7-9,11H2,1-2H3,(H,21,22,25)/t16-/m0/s1. The summed E-state index contributed by atoms with van der Waals surface area (Å²) in [5.41, 5.74) is 2.80. The average Bonchev–Trinajstić information content (AvgIpc) is 3.14. The maximum absolute atomic E-state index is 13.0. The molecule has 0 spiro atoms. The Morgan fingerprint density at radius 2 is 2.04 bits per heavy atom. The molecule has 0 saturated carbocycles. The first-order valence-electron chi connectivity index (χ1n) is 9.28. The van der Waals surface area contributed by atoms with Gasteiger partial charge in [-0.05, 0) is 44.4 Å². The molecule has 1 fully saturated rings. The minimum atomic E-state index is -0.378. The number of nitrogens with one attached hydrogen (secondary N) is 1. The highest BCUT2D eigenvalue weighted by Crippen LogP contribution is 2.38. The van der Waals surface area contributed by atoms with Crippen molar-refractivity contribution in [3.63, 3.8) is 0 Å². The third-order valence-electron chi connectivity index (χ3n) is 5.31. The van der Waals surface area contributed by atoms with Crippen LogP contribution in [0.25, 0.3) is 0 Å². The number of likely N-dealkylation sites (tertiary alicyclic amines) is 1. The van der Waals surface area contributed by atoms with Crippen molar-refractivity contribution in [3.05, 3.63) is 51.2 Å². The number of ether oxygens (including phenoxy) is 2. The van der Waals surface area contributed by atoms with Gasteiger partial charge in [-0.25, -0.2) is 4.79 Å². The van der Waals surface area contributed by atoms with E-state index >= 15 is 0 Å². The summed E-state index contributed by atoms with van der Waals surface area (Å²) in [6.45, 7) is 5.41. The van der Waals surface area contributed by atoms with Crippen LogP contribution in [0.1, 0.15) is 41.4 Å². The molecule has 4 rings (SSSR count). The largest absolute Gasteiger partial charge is 0.486 e. The van der Waals surface area contributed by atoms with Gasteiger partial charge in [-0.3, -0.25) is 4.79 Å². The van der Waals surface area contributed by atoms with Crippen LogP contribution in [0.5, 0.6) is 11.5 Å². The zero-order valence-corrected chi connectivity index (χ0v) is 15.6. The van der Waals surface area contributed by atoms with Gasteiger partial charge in [-0.1, -0.05) is 6.07 Å². The van der Waals surface area contributed by atoms with Gasteiger partial charge in [0.25, 0.3) is 0 Å². The monoisotopic (exact) mass is 369 g/mol. The van der Waals surface area contributed by atoms with Crippen LogP contribution in [0.3, 0.4) is 0 Å². The van der Waals surface area contributed by atoms with E-state index in [0.717, 1.165) is 42.0 Å². The lowest BCUT2D eigenvalue weighted by molar-refractivity contribution is -0.131. The molecular formula is C20H23N3O4. The van der Waals surface area contributed by atoms with E-state index in [1.807, 2.05) is 23.1 Å². The SMILES string of the molecule is Cc1nc(=O)[nH]c(C)c1CC(=O)N1CCC[C@H]1c1ccc2c(c1)OCCO2. The fourth-order valence-corrected chi connectivity index (χ4v) is 3.95. The van der Waals surface area contributed by atoms with Gasteiger partial charge in [-0.15, -0.1) is 0 Å². The molecule has 142 valence electrons. The van der Waals surface area contributed by atoms with Crippen molar-refractivity contribution in [1.29, 1.82) is 0 Å². The quantitative estimate of drug-likeness (QED) is 0.895. The van der Waals surface area contributed by atoms with E-state index in [0.29, 0.717) is 24.6 Å². The molecule has 0 radical (unpaired) electrons. The number of aromatic amines is 1. The van der Waals surface area contributed by atoms with Crippen LogP contribution in [0.2, 0.25) is 0 Å². The van der Waals surface area contributed by atoms with Crippen LogP contribution in [-0.4, -0.2) is 40.5 Å². The molecule has 1 N–H and O–H groups in total. The molecule has 1 amide bonds. The van der Waals surface area contributed by atoms with Gasteiger partial charge in [0, 0.05) is 23.5 Å². The van der Waals surface area contributed by atoms with Crippen LogP contribution in [0.15, 0.2) is 23.0 Å². The number of benzene rings is 1. The number of nitrogens with zero attached hydrogens (tertiary/aromatic N) is 2. The number of rotatable bonds is 3. The highest BCUT2D eigenvalue weighted by atomic mass is 16.6. The maximum atomic E-state index is 13.0. The highest BCUT2D eigenvalue weighted by Gasteiger charge is 2.31. The summed E-state index contributed by atoms with van der Waals surface area (Å²) in [5, 5.41) is 0. The molecule has 0 bridgehead atoms. The summed E-state index contributed by atoms with van der Waals surface area (Å²) in [4.78, 5) is 33.0. The molecule has 2 aromatic rings. The smallest absolute Gasteiger partial charge is 0.345 e. The van der Waals surface area contributed by atoms with E-state index < -0.39 is 0 Å². The zero-order chi connectivity index (χ0) is 19.0. The Kier molecular flexibility index (Phi) is 4.59. The molecule has 2 aliphatic heterocycles. The number of aromatic nitrogens is 2. The molecule has 27 heavy (non-hydrogen) atoms. The topological polar surface area (TPSA) is 84.5 Å². The van der Waals surface area contributed by atoms with Gasteiger partial charge in [0.2, 0.25) is 5.91 Å². The van der Waals surface area contributed by atoms with Crippen LogP contribution < -0.4 is 15.2 Å². The third-order valence-corrected chi connectivity index (χ3v) is 5.31. The van der Waals surface area contributed by atoms with Gasteiger partial charge in [-0.2, -0.15) is 4.98 Å². The van der Waals surface area contributed by atoms with Crippen molar-refractivity contribution < 1.29 is 14.3 Å². The number of hydrogen-bond acceptors (Lipinski definition) is 5. The summed E-state index contributed by atoms with van der Waals surface area (Å²) < 4.78 is 11.3. The number of aryl methyl sites for hydroxylation is 2. The number of carbonyl (C=O) groups is 1. The molecular weight excluding hydrogens is 346 g/mol. The summed E-state index contributed by atoms with van der Waals surface area (Å²) in [6.07, 6.45) is 2.13. The lowest BCUT2D eigenvalue weighted by Crippen LogP contribution is -2.33. The molecule has 3 heterocycles. The van der Waals surface area contributed by atoms with E-state index in [1.165, 1.54) is 0 Å². The van der Waals surface area contributed by atoms with Crippen molar-refractivity contribution in [2.75, 3.05) is 19.8 Å². The van der Waals surface area contributed by atoms with Gasteiger partial charge < -0.3 is 19.4 Å². The summed E-state index contributed by atoms with van der Waals surface area (Å²) in [5.74, 6) is 1.55. The third kappa shape index (κ3) is 3.41. The lowest BCUT2D eigenvalue weighted by Gasteiger charge is -2.27. The second-order valence-electron chi connectivity index (χ2n) is 7.06. The first kappa shape index (κ1) is 17.6. The van der Waals surface area contributed by atoms with Crippen LogP contribution >= 0.6 is 0 Å². The van der Waals surface area contributed by atoms with Crippen molar-refractivity contribution in [3.8, 4) is 11.5 Å². The predicted octanol–water partition coefficient (Wildman–Crippen LogP) is 2.06. The summed E-state index contributed by atoms with van der Waals surface area (Å²) in [7, 11) is 0. The van der Waals surface area contributed by atoms with Gasteiger partial charge in [0.15, 0.2) is 11.5 Å². The predicted molar refractivity (Wildman–Crippen MR) is 99.2 cm³/mol. The molecule has 7 heteroatoms. The molecule has 1 atom stereocenters. The molecule has 1 aromatic heterocycles. The fourth-order valence-electron chi connectivity index (χ4n) is 3.95. The van der Waals surface area contributed by atoms with Crippen LogP contribution in [-0.2, 0) is 11.2 Å². The Morgan fingerprint density at radius 3 is 2.81 bits per heavy atom. The zero-order valence-electron chi connectivity index (χ0n) is 15.6. The van der Waals surface area contributed by atoms with E-state index in [-0.39, 0.29) is 24.1 Å². The normalized spacial score (nSPS) is 18.6. The number of carbonyl (C=O) groups excluding carboxylic acids is 1. The van der Waals surface area contributed by atoms with Crippen LogP contribution in [0, 0.1) is 13.8 Å². The Balaban J connectivity index is 1.56. The van der Waals surface area contributed by atoms with Crippen molar-refractivity contribution in [1.82, 2.24) is 14.9 Å². The lowest BCUT2D eigenvalue weighted by atomic mass is 10.0.